The highest BCUT2D eigenvalue weighted by Gasteiger charge is 2.21. The summed E-state index contributed by atoms with van der Waals surface area (Å²) in [5, 5.41) is 3.54. The van der Waals surface area contributed by atoms with Crippen molar-refractivity contribution in [1.82, 2.24) is 5.32 Å². The standard InChI is InChI=1S/C29H47NO.3C2H6.CH5N/c1-6-10-12-16-25(15-11-7-2)26-18-13-17-24(19-20-26)23(5)21-29-28(14-8-3)30-22-27(9-4)31-29;4*1-2/h8,14,17,19-21,25-27,30H,6-7,9-13,15-16,18,22H2,1-5H3;3*1-2H3;2H2,1H3/b14-8-,23-21+;;;;. The van der Waals surface area contributed by atoms with Crippen LogP contribution in [0.25, 0.3) is 0 Å². The van der Waals surface area contributed by atoms with E-state index < -0.39 is 0 Å². The van der Waals surface area contributed by atoms with Crippen LogP contribution < -0.4 is 11.1 Å². The van der Waals surface area contributed by atoms with Crippen molar-refractivity contribution in [1.29, 1.82) is 0 Å². The first-order valence-corrected chi connectivity index (χ1v) is 16.5. The molecule has 0 spiro atoms. The predicted molar refractivity (Wildman–Crippen MR) is 180 cm³/mol. The fourth-order valence-corrected chi connectivity index (χ4v) is 4.73. The lowest BCUT2D eigenvalue weighted by Gasteiger charge is -2.27. The molecule has 3 nitrogen and oxygen atoms in total. The van der Waals surface area contributed by atoms with Gasteiger partial charge in [0.1, 0.15) is 11.9 Å². The van der Waals surface area contributed by atoms with Gasteiger partial charge in [0, 0.05) is 0 Å². The van der Waals surface area contributed by atoms with E-state index in [1.807, 2.05) is 41.5 Å². The van der Waals surface area contributed by atoms with E-state index in [2.05, 4.69) is 82.1 Å². The highest BCUT2D eigenvalue weighted by molar-refractivity contribution is 5.44. The lowest BCUT2D eigenvalue weighted by Crippen LogP contribution is -2.33. The normalized spacial score (nSPS) is 19.2. The van der Waals surface area contributed by atoms with Gasteiger partial charge in [-0.1, -0.05) is 119 Å². The minimum Gasteiger partial charge on any atom is -0.486 e. The smallest absolute Gasteiger partial charge is 0.143 e. The number of allylic oxidation sites excluding steroid dienone is 8. The maximum absolute atomic E-state index is 6.29. The summed E-state index contributed by atoms with van der Waals surface area (Å²) >= 11 is 0. The van der Waals surface area contributed by atoms with Gasteiger partial charge in [-0.3, -0.25) is 0 Å². The molecule has 3 heteroatoms. The fraction of sp³-hybridized carbons (Fsp3) is 0.722. The third kappa shape index (κ3) is 18.3. The van der Waals surface area contributed by atoms with Crippen LogP contribution in [0.5, 0.6) is 0 Å². The van der Waals surface area contributed by atoms with Gasteiger partial charge in [-0.15, -0.1) is 0 Å². The Balaban J connectivity index is -0.00000148. The van der Waals surface area contributed by atoms with Gasteiger partial charge in [0.2, 0.25) is 0 Å². The SMILES string of the molecule is C/C=C\C1=C(/C=C(\C)C2=CCCC(C(CCCC)CCCCC)C=C2)OC(CC)CN1.CC.CC.CC.CN. The summed E-state index contributed by atoms with van der Waals surface area (Å²) in [6.45, 7) is 24.0. The van der Waals surface area contributed by atoms with Crippen LogP contribution in [-0.2, 0) is 4.74 Å². The van der Waals surface area contributed by atoms with Crippen LogP contribution in [0, 0.1) is 11.8 Å². The number of ether oxygens (including phenoxy) is 1. The largest absolute Gasteiger partial charge is 0.486 e. The van der Waals surface area contributed by atoms with Crippen LogP contribution >= 0.6 is 0 Å². The van der Waals surface area contributed by atoms with Gasteiger partial charge in [-0.05, 0) is 88.1 Å². The first kappa shape index (κ1) is 41.7. The molecule has 1 aliphatic heterocycles. The van der Waals surface area contributed by atoms with E-state index in [-0.39, 0.29) is 6.10 Å². The summed E-state index contributed by atoms with van der Waals surface area (Å²) in [6, 6.07) is 0. The molecule has 0 fully saturated rings. The third-order valence-corrected chi connectivity index (χ3v) is 6.77. The molecule has 3 unspecified atom stereocenters. The van der Waals surface area contributed by atoms with Crippen LogP contribution in [0.3, 0.4) is 0 Å². The van der Waals surface area contributed by atoms with Gasteiger partial charge >= 0.3 is 0 Å². The number of nitrogens with two attached hydrogens (primary N) is 1. The van der Waals surface area contributed by atoms with Crippen molar-refractivity contribution >= 4 is 0 Å². The Morgan fingerprint density at radius 3 is 2.18 bits per heavy atom. The van der Waals surface area contributed by atoms with Gasteiger partial charge in [-0.25, -0.2) is 0 Å². The van der Waals surface area contributed by atoms with Crippen molar-refractivity contribution < 1.29 is 4.74 Å². The second-order valence-electron chi connectivity index (χ2n) is 9.29. The van der Waals surface area contributed by atoms with Crippen LogP contribution in [0.1, 0.15) is 140 Å². The lowest BCUT2D eigenvalue weighted by atomic mass is 9.81. The molecule has 0 aromatic carbocycles. The van der Waals surface area contributed by atoms with Crippen molar-refractivity contribution in [2.45, 2.75) is 146 Å². The number of hydrogen-bond acceptors (Lipinski definition) is 3. The van der Waals surface area contributed by atoms with Crippen molar-refractivity contribution in [3.05, 3.63) is 59.1 Å². The summed E-state index contributed by atoms with van der Waals surface area (Å²) in [5.74, 6) is 2.55. The topological polar surface area (TPSA) is 47.3 Å². The zero-order valence-electron chi connectivity index (χ0n) is 28.5. The van der Waals surface area contributed by atoms with Gasteiger partial charge in [-0.2, -0.15) is 0 Å². The molecule has 39 heavy (non-hydrogen) atoms. The first-order chi connectivity index (χ1) is 19.1. The van der Waals surface area contributed by atoms with E-state index in [0.29, 0.717) is 0 Å². The predicted octanol–water partition coefficient (Wildman–Crippen LogP) is 11.1. The molecule has 230 valence electrons. The molecule has 0 saturated carbocycles. The zero-order chi connectivity index (χ0) is 30.5. The molecule has 1 aliphatic carbocycles. The Hall–Kier alpha value is -1.74. The van der Waals surface area contributed by atoms with Crippen LogP contribution in [0.2, 0.25) is 0 Å². The third-order valence-electron chi connectivity index (χ3n) is 6.77. The zero-order valence-corrected chi connectivity index (χ0v) is 28.5. The molecule has 0 amide bonds. The number of hydrogen-bond donors (Lipinski definition) is 2. The molecule has 2 aliphatic rings. The van der Waals surface area contributed by atoms with E-state index in [4.69, 9.17) is 4.74 Å². The molecular formula is C36H70N2O. The second-order valence-corrected chi connectivity index (χ2v) is 9.29. The van der Waals surface area contributed by atoms with Crippen LogP contribution in [-0.4, -0.2) is 19.7 Å². The number of unbranched alkanes of at least 4 members (excludes halogenated alkanes) is 3. The molecule has 0 aromatic rings. The van der Waals surface area contributed by atoms with Crippen LogP contribution in [0.15, 0.2) is 59.1 Å². The summed E-state index contributed by atoms with van der Waals surface area (Å²) in [7, 11) is 1.50. The Morgan fingerprint density at radius 2 is 1.62 bits per heavy atom. The molecule has 2 rings (SSSR count). The molecule has 0 radical (unpaired) electrons. The van der Waals surface area contributed by atoms with E-state index >= 15 is 0 Å². The molecule has 1 heterocycles. The van der Waals surface area contributed by atoms with Crippen molar-refractivity contribution in [2.24, 2.45) is 17.6 Å². The Bertz CT molecular complexity index is 684. The van der Waals surface area contributed by atoms with Crippen LogP contribution in [0.4, 0.5) is 0 Å². The maximum atomic E-state index is 6.29. The molecular weight excluding hydrogens is 476 g/mol. The second kappa shape index (κ2) is 30.8. The quantitative estimate of drug-likeness (QED) is 0.239. The minimum atomic E-state index is 0.249. The molecule has 3 N–H and O–H groups in total. The molecule has 3 atom stereocenters. The van der Waals surface area contributed by atoms with Crippen molar-refractivity contribution in [3.8, 4) is 0 Å². The fourth-order valence-electron chi connectivity index (χ4n) is 4.73. The molecule has 0 saturated heterocycles. The highest BCUT2D eigenvalue weighted by atomic mass is 16.5. The van der Waals surface area contributed by atoms with Gasteiger partial charge in [0.15, 0.2) is 0 Å². The Morgan fingerprint density at radius 1 is 1.00 bits per heavy atom. The lowest BCUT2D eigenvalue weighted by molar-refractivity contribution is 0.105. The summed E-state index contributed by atoms with van der Waals surface area (Å²) in [4.78, 5) is 0. The summed E-state index contributed by atoms with van der Waals surface area (Å²) in [5.41, 5.74) is 8.25. The average Bonchev–Trinajstić information content (AvgIpc) is 3.26. The average molecular weight is 547 g/mol. The molecule has 0 bridgehead atoms. The molecule has 0 aromatic heterocycles. The minimum absolute atomic E-state index is 0.249. The monoisotopic (exact) mass is 547 g/mol. The van der Waals surface area contributed by atoms with E-state index in [0.717, 1.165) is 36.3 Å². The maximum Gasteiger partial charge on any atom is 0.143 e. The highest BCUT2D eigenvalue weighted by Crippen LogP contribution is 2.33. The van der Waals surface area contributed by atoms with Gasteiger partial charge < -0.3 is 15.8 Å². The van der Waals surface area contributed by atoms with E-state index in [9.17, 15) is 0 Å². The van der Waals surface area contributed by atoms with E-state index in [1.165, 1.54) is 76.0 Å². The van der Waals surface area contributed by atoms with Crippen molar-refractivity contribution in [2.75, 3.05) is 13.6 Å². The first-order valence-electron chi connectivity index (χ1n) is 16.5. The van der Waals surface area contributed by atoms with Gasteiger partial charge in [0.05, 0.1) is 12.2 Å². The Labute approximate surface area is 246 Å². The number of rotatable bonds is 12. The van der Waals surface area contributed by atoms with E-state index in [1.54, 1.807) is 0 Å². The Kier molecular flexibility index (Phi) is 33.0. The van der Waals surface area contributed by atoms with Crippen molar-refractivity contribution in [3.63, 3.8) is 0 Å². The number of nitrogens with one attached hydrogen (secondary N) is 1. The summed E-state index contributed by atoms with van der Waals surface area (Å²) < 4.78 is 6.29. The summed E-state index contributed by atoms with van der Waals surface area (Å²) in [6.07, 6.45) is 27.1. The van der Waals surface area contributed by atoms with Gasteiger partial charge in [0.25, 0.3) is 0 Å².